The van der Waals surface area contributed by atoms with Crippen LogP contribution < -0.4 is 59.1 Å². The van der Waals surface area contributed by atoms with Gasteiger partial charge in [-0.25, -0.2) is 4.98 Å². The Balaban J connectivity index is -0.000000101. The summed E-state index contributed by atoms with van der Waals surface area (Å²) in [4.78, 5) is 5.52. The fraction of sp³-hybridized carbons (Fsp3) is 0. The van der Waals surface area contributed by atoms with Gasteiger partial charge >= 0.3 is 69.2 Å². The van der Waals surface area contributed by atoms with Crippen molar-refractivity contribution in [2.24, 2.45) is 0 Å². The fourth-order valence-electron chi connectivity index (χ4n) is 0.392. The van der Waals surface area contributed by atoms with Gasteiger partial charge in [-0.05, 0) is 0 Å². The summed E-state index contributed by atoms with van der Waals surface area (Å²) in [5.41, 5.74) is 0. The Kier molecular flexibility index (Phi) is 7.60. The minimum absolute atomic E-state index is 0. The van der Waals surface area contributed by atoms with Crippen LogP contribution in [-0.4, -0.2) is 22.9 Å². The molecule has 0 aliphatic rings. The van der Waals surface area contributed by atoms with Gasteiger partial charge < -0.3 is 7.84 Å². The van der Waals surface area contributed by atoms with Crippen LogP contribution in [0.2, 0.25) is 0 Å². The molecule has 0 unspecified atom stereocenters. The minimum atomic E-state index is -4.13. The third-order valence-electron chi connectivity index (χ3n) is 0.717. The summed E-state index contributed by atoms with van der Waals surface area (Å²) >= 11 is 0. The average Bonchev–Trinajstić information content (AvgIpc) is 2.08. The van der Waals surface area contributed by atoms with Crippen molar-refractivity contribution in [3.63, 3.8) is 0 Å². The van der Waals surface area contributed by atoms with Crippen LogP contribution in [0.4, 0.5) is 0 Å². The van der Waals surface area contributed by atoms with E-state index in [1.165, 1.54) is 12.4 Å². The summed E-state index contributed by atoms with van der Waals surface area (Å²) in [6.07, 6.45) is 2.55. The van der Waals surface area contributed by atoms with Crippen LogP contribution in [0.1, 0.15) is 2.85 Å². The van der Waals surface area contributed by atoms with Crippen LogP contribution in [0.5, 0.6) is 0 Å². The Morgan fingerprint density at radius 3 is 2.27 bits per heavy atom. The van der Waals surface area contributed by atoms with Gasteiger partial charge in [0.2, 0.25) is 0 Å². The number of rotatable bonds is 1. The standard InChI is InChI=1S/C3H4N2O3S.2Na.2H/c6-9(7,8)3-4-1-2-5-3;;;;/h1-2H,(H,4,5)(H,6,7,8);;;;/q;2*+1;2*-1. The summed E-state index contributed by atoms with van der Waals surface area (Å²) in [5.74, 6) is 0. The molecular formula is C3H6N2Na2O3S. The Morgan fingerprint density at radius 2 is 2.09 bits per heavy atom. The first kappa shape index (κ1) is 14.6. The predicted molar refractivity (Wildman–Crippen MR) is 30.6 cm³/mol. The molecule has 0 spiro atoms. The Morgan fingerprint density at radius 1 is 1.55 bits per heavy atom. The van der Waals surface area contributed by atoms with E-state index < -0.39 is 15.3 Å². The number of aromatic nitrogens is 2. The molecule has 54 valence electrons. The maximum atomic E-state index is 10.2. The molecule has 1 heterocycles. The number of hydrogen-bond donors (Lipinski definition) is 2. The summed E-state index contributed by atoms with van der Waals surface area (Å²) < 4.78 is 28.6. The van der Waals surface area contributed by atoms with E-state index in [1.54, 1.807) is 0 Å². The van der Waals surface area contributed by atoms with Crippen molar-refractivity contribution in [3.05, 3.63) is 12.4 Å². The summed E-state index contributed by atoms with van der Waals surface area (Å²) in [6.45, 7) is 0. The molecule has 2 N–H and O–H groups in total. The molecule has 0 saturated heterocycles. The molecular weight excluding hydrogens is 190 g/mol. The molecule has 0 aliphatic carbocycles. The van der Waals surface area contributed by atoms with Crippen molar-refractivity contribution in [2.75, 3.05) is 0 Å². The van der Waals surface area contributed by atoms with Crippen molar-refractivity contribution in [3.8, 4) is 0 Å². The smallest absolute Gasteiger partial charge is 1.00 e. The molecule has 0 atom stereocenters. The van der Waals surface area contributed by atoms with Gasteiger partial charge in [-0.2, -0.15) is 8.42 Å². The molecule has 0 aliphatic heterocycles. The first-order valence-electron chi connectivity index (χ1n) is 2.07. The molecule has 0 bridgehead atoms. The molecule has 1 rings (SSSR count). The average molecular weight is 196 g/mol. The van der Waals surface area contributed by atoms with Crippen LogP contribution in [0.25, 0.3) is 0 Å². The monoisotopic (exact) mass is 196 g/mol. The molecule has 0 saturated carbocycles. The van der Waals surface area contributed by atoms with Crippen molar-refractivity contribution in [1.82, 2.24) is 9.97 Å². The number of H-pyrrole nitrogens is 1. The van der Waals surface area contributed by atoms with Crippen molar-refractivity contribution < 1.29 is 74.9 Å². The predicted octanol–water partition coefficient (Wildman–Crippen LogP) is -6.11. The minimum Gasteiger partial charge on any atom is -1.00 e. The van der Waals surface area contributed by atoms with E-state index in [2.05, 4.69) is 9.97 Å². The molecule has 1 aromatic heterocycles. The van der Waals surface area contributed by atoms with E-state index >= 15 is 0 Å². The second kappa shape index (κ2) is 5.71. The molecule has 8 heteroatoms. The summed E-state index contributed by atoms with van der Waals surface area (Å²) in [5, 5.41) is -0.428. The quantitative estimate of drug-likeness (QED) is 0.346. The summed E-state index contributed by atoms with van der Waals surface area (Å²) in [6, 6.07) is 0. The van der Waals surface area contributed by atoms with E-state index in [4.69, 9.17) is 4.55 Å². The van der Waals surface area contributed by atoms with E-state index in [9.17, 15) is 8.42 Å². The van der Waals surface area contributed by atoms with Crippen molar-refractivity contribution in [1.29, 1.82) is 0 Å². The number of hydrogen-bond acceptors (Lipinski definition) is 3. The summed E-state index contributed by atoms with van der Waals surface area (Å²) in [7, 11) is -4.13. The van der Waals surface area contributed by atoms with Gasteiger partial charge in [0.1, 0.15) is 0 Å². The third kappa shape index (κ3) is 4.64. The number of imidazole rings is 1. The first-order valence-corrected chi connectivity index (χ1v) is 3.51. The Hall–Kier alpha value is 1.12. The molecule has 11 heavy (non-hydrogen) atoms. The maximum Gasteiger partial charge on any atom is 1.00 e. The van der Waals surface area contributed by atoms with Crippen LogP contribution >= 0.6 is 0 Å². The molecule has 0 aromatic carbocycles. The van der Waals surface area contributed by atoms with E-state index in [0.29, 0.717) is 0 Å². The van der Waals surface area contributed by atoms with Crippen LogP contribution in [0.15, 0.2) is 17.6 Å². The third-order valence-corrected chi connectivity index (χ3v) is 1.43. The number of nitrogens with zero attached hydrogens (tertiary/aromatic N) is 1. The zero-order chi connectivity index (χ0) is 6.91. The van der Waals surface area contributed by atoms with Crippen LogP contribution in [-0.2, 0) is 10.1 Å². The SMILES string of the molecule is O=S(=O)(O)c1ncc[nH]1.[H-].[H-].[Na+].[Na+]. The van der Waals surface area contributed by atoms with Crippen LogP contribution in [0.3, 0.4) is 0 Å². The van der Waals surface area contributed by atoms with Crippen molar-refractivity contribution in [2.45, 2.75) is 5.16 Å². The maximum absolute atomic E-state index is 10.2. The van der Waals surface area contributed by atoms with Gasteiger partial charge in [-0.3, -0.25) is 4.55 Å². The normalized spacial score (nSPS) is 9.55. The largest absolute Gasteiger partial charge is 1.00 e. The zero-order valence-corrected chi connectivity index (χ0v) is 11.1. The number of aromatic amines is 1. The molecule has 0 radical (unpaired) electrons. The van der Waals surface area contributed by atoms with Gasteiger partial charge in [-0.1, -0.05) is 0 Å². The van der Waals surface area contributed by atoms with Gasteiger partial charge in [0.05, 0.1) is 0 Å². The topological polar surface area (TPSA) is 83.1 Å². The molecule has 5 nitrogen and oxygen atoms in total. The second-order valence-electron chi connectivity index (χ2n) is 1.37. The first-order chi connectivity index (χ1) is 4.11. The number of nitrogens with one attached hydrogen (secondary N) is 1. The van der Waals surface area contributed by atoms with Crippen LogP contribution in [0, 0.1) is 0 Å². The Labute approximate surface area is 111 Å². The van der Waals surface area contributed by atoms with E-state index in [0.717, 1.165) is 0 Å². The molecule has 0 fully saturated rings. The van der Waals surface area contributed by atoms with Gasteiger partial charge in [0.25, 0.3) is 5.16 Å². The van der Waals surface area contributed by atoms with Gasteiger partial charge in [0, 0.05) is 12.4 Å². The zero-order valence-electron chi connectivity index (χ0n) is 8.27. The van der Waals surface area contributed by atoms with E-state index in [1.807, 2.05) is 0 Å². The second-order valence-corrected chi connectivity index (χ2v) is 2.71. The Bertz CT molecular complexity index is 290. The molecule has 0 amide bonds. The van der Waals surface area contributed by atoms with Gasteiger partial charge in [0.15, 0.2) is 0 Å². The fourth-order valence-corrected chi connectivity index (χ4v) is 0.803. The van der Waals surface area contributed by atoms with Gasteiger partial charge in [-0.15, -0.1) is 0 Å². The van der Waals surface area contributed by atoms with E-state index in [-0.39, 0.29) is 62.0 Å². The van der Waals surface area contributed by atoms with Crippen molar-refractivity contribution >= 4 is 10.1 Å². The molecule has 1 aromatic rings.